The Balaban J connectivity index is 1.43. The largest absolute Gasteiger partial charge is 0.324 e. The number of anilines is 2. The van der Waals surface area contributed by atoms with Crippen LogP contribution in [-0.4, -0.2) is 29.9 Å². The monoisotopic (exact) mass is 419 g/mol. The summed E-state index contributed by atoms with van der Waals surface area (Å²) in [6, 6.07) is 24.1. The van der Waals surface area contributed by atoms with E-state index in [-0.39, 0.29) is 11.9 Å². The van der Waals surface area contributed by atoms with Crippen molar-refractivity contribution < 1.29 is 9.59 Å². The molecule has 0 saturated carbocycles. The maximum Gasteiger partial charge on any atom is 0.324 e. The molecule has 0 aromatic heterocycles. The van der Waals surface area contributed by atoms with E-state index in [0.29, 0.717) is 29.4 Å². The van der Waals surface area contributed by atoms with E-state index in [0.717, 1.165) is 24.2 Å². The number of carbonyl (C=O) groups excluding carboxylic acids is 2. The van der Waals surface area contributed by atoms with Crippen LogP contribution in [0.25, 0.3) is 0 Å². The third kappa shape index (κ3) is 4.63. The number of hydrogen-bond acceptors (Lipinski definition) is 2. The molecule has 3 aromatic rings. The second-order valence-corrected chi connectivity index (χ2v) is 7.64. The van der Waals surface area contributed by atoms with Crippen LogP contribution in [0.3, 0.4) is 0 Å². The normalized spacial score (nSPS) is 14.0. The first-order chi connectivity index (χ1) is 14.6. The molecule has 30 heavy (non-hydrogen) atoms. The Kier molecular flexibility index (Phi) is 6.00. The van der Waals surface area contributed by atoms with Crippen LogP contribution in [0.4, 0.5) is 16.2 Å². The molecule has 1 N–H and O–H groups in total. The van der Waals surface area contributed by atoms with Gasteiger partial charge in [-0.3, -0.25) is 9.69 Å². The van der Waals surface area contributed by atoms with Gasteiger partial charge >= 0.3 is 6.03 Å². The van der Waals surface area contributed by atoms with E-state index < -0.39 is 0 Å². The lowest BCUT2D eigenvalue weighted by atomic mass is 10.1. The van der Waals surface area contributed by atoms with Crippen molar-refractivity contribution >= 4 is 34.9 Å². The summed E-state index contributed by atoms with van der Waals surface area (Å²) in [6.07, 6.45) is 0.900. The van der Waals surface area contributed by atoms with Gasteiger partial charge in [0, 0.05) is 41.6 Å². The molecule has 1 aliphatic heterocycles. The number of hydrogen-bond donors (Lipinski definition) is 1. The van der Waals surface area contributed by atoms with Crippen LogP contribution in [0.15, 0.2) is 78.9 Å². The Bertz CT molecular complexity index is 1020. The highest BCUT2D eigenvalue weighted by atomic mass is 35.5. The average molecular weight is 420 g/mol. The first-order valence-electron chi connectivity index (χ1n) is 9.87. The maximum absolute atomic E-state index is 13.0. The van der Waals surface area contributed by atoms with Crippen LogP contribution >= 0.6 is 11.6 Å². The molecule has 0 spiro atoms. The maximum atomic E-state index is 13.0. The van der Waals surface area contributed by atoms with Gasteiger partial charge in [0.2, 0.25) is 0 Å². The Morgan fingerprint density at radius 3 is 2.30 bits per heavy atom. The van der Waals surface area contributed by atoms with Crippen LogP contribution in [-0.2, 0) is 6.54 Å². The van der Waals surface area contributed by atoms with Gasteiger partial charge in [0.05, 0.1) is 0 Å². The minimum absolute atomic E-state index is 0.0107. The van der Waals surface area contributed by atoms with Crippen LogP contribution in [0.5, 0.6) is 0 Å². The molecule has 1 saturated heterocycles. The Morgan fingerprint density at radius 2 is 1.60 bits per heavy atom. The summed E-state index contributed by atoms with van der Waals surface area (Å²) in [6.45, 7) is 2.00. The van der Waals surface area contributed by atoms with Crippen molar-refractivity contribution in [1.29, 1.82) is 0 Å². The van der Waals surface area contributed by atoms with Crippen molar-refractivity contribution in [2.75, 3.05) is 23.3 Å². The molecule has 0 atom stereocenters. The molecule has 1 fully saturated rings. The molecule has 0 aliphatic carbocycles. The fraction of sp³-hybridized carbons (Fsp3) is 0.167. The standard InChI is InChI=1S/C24H22ClN3O2/c25-20-9-11-21(12-10-20)26-23(29)19-7-13-22(14-8-19)28-16-4-15-27(24(28)30)17-18-5-2-1-3-6-18/h1-3,5-14H,4,15-17H2,(H,26,29). The fourth-order valence-corrected chi connectivity index (χ4v) is 3.63. The summed E-state index contributed by atoms with van der Waals surface area (Å²) in [5.41, 5.74) is 3.11. The zero-order chi connectivity index (χ0) is 20.9. The minimum Gasteiger partial charge on any atom is -0.322 e. The minimum atomic E-state index is -0.209. The zero-order valence-electron chi connectivity index (χ0n) is 16.4. The molecule has 3 aromatic carbocycles. The second-order valence-electron chi connectivity index (χ2n) is 7.20. The molecular weight excluding hydrogens is 398 g/mol. The van der Waals surface area contributed by atoms with Gasteiger partial charge in [-0.05, 0) is 60.5 Å². The number of nitrogens with one attached hydrogen (secondary N) is 1. The van der Waals surface area contributed by atoms with E-state index in [1.165, 1.54) is 0 Å². The van der Waals surface area contributed by atoms with E-state index in [1.807, 2.05) is 47.4 Å². The molecule has 0 bridgehead atoms. The number of urea groups is 1. The first kappa shape index (κ1) is 20.0. The summed E-state index contributed by atoms with van der Waals surface area (Å²) in [7, 11) is 0. The number of benzene rings is 3. The Morgan fingerprint density at radius 1 is 0.900 bits per heavy atom. The van der Waals surface area contributed by atoms with Crippen molar-refractivity contribution in [2.24, 2.45) is 0 Å². The number of rotatable bonds is 5. The lowest BCUT2D eigenvalue weighted by Crippen LogP contribution is -2.49. The van der Waals surface area contributed by atoms with Crippen molar-refractivity contribution in [3.05, 3.63) is 95.0 Å². The number of carbonyl (C=O) groups is 2. The lowest BCUT2D eigenvalue weighted by Gasteiger charge is -2.35. The second kappa shape index (κ2) is 9.01. The first-order valence-corrected chi connectivity index (χ1v) is 10.3. The number of amides is 3. The molecular formula is C24H22ClN3O2. The number of nitrogens with zero attached hydrogens (tertiary/aromatic N) is 2. The third-order valence-corrected chi connectivity index (χ3v) is 5.32. The van der Waals surface area contributed by atoms with Gasteiger partial charge in [-0.1, -0.05) is 41.9 Å². The van der Waals surface area contributed by atoms with Crippen LogP contribution < -0.4 is 10.2 Å². The molecule has 6 heteroatoms. The van der Waals surface area contributed by atoms with Gasteiger partial charge < -0.3 is 10.2 Å². The summed E-state index contributed by atoms with van der Waals surface area (Å²) in [5.74, 6) is -0.209. The molecule has 0 radical (unpaired) electrons. The van der Waals surface area contributed by atoms with E-state index in [9.17, 15) is 9.59 Å². The molecule has 1 heterocycles. The van der Waals surface area contributed by atoms with Gasteiger partial charge in [0.1, 0.15) is 0 Å². The molecule has 0 unspecified atom stereocenters. The van der Waals surface area contributed by atoms with Crippen molar-refractivity contribution in [1.82, 2.24) is 4.90 Å². The van der Waals surface area contributed by atoms with Gasteiger partial charge in [-0.15, -0.1) is 0 Å². The van der Waals surface area contributed by atoms with Gasteiger partial charge in [0.15, 0.2) is 0 Å². The number of halogens is 1. The molecule has 1 aliphatic rings. The predicted octanol–water partition coefficient (Wildman–Crippen LogP) is 5.42. The molecule has 4 rings (SSSR count). The van der Waals surface area contributed by atoms with Gasteiger partial charge in [0.25, 0.3) is 5.91 Å². The van der Waals surface area contributed by atoms with Crippen molar-refractivity contribution in [3.8, 4) is 0 Å². The summed E-state index contributed by atoms with van der Waals surface area (Å²) in [5, 5.41) is 3.46. The average Bonchev–Trinajstić information content (AvgIpc) is 2.78. The topological polar surface area (TPSA) is 52.7 Å². The smallest absolute Gasteiger partial charge is 0.322 e. The van der Waals surface area contributed by atoms with E-state index in [2.05, 4.69) is 5.32 Å². The highest BCUT2D eigenvalue weighted by Gasteiger charge is 2.26. The van der Waals surface area contributed by atoms with Crippen molar-refractivity contribution in [2.45, 2.75) is 13.0 Å². The SMILES string of the molecule is O=C(Nc1ccc(Cl)cc1)c1ccc(N2CCCN(Cc3ccccc3)C2=O)cc1. The highest BCUT2D eigenvalue weighted by Crippen LogP contribution is 2.22. The van der Waals surface area contributed by atoms with Crippen LogP contribution in [0.2, 0.25) is 5.02 Å². The third-order valence-electron chi connectivity index (χ3n) is 5.07. The van der Waals surface area contributed by atoms with E-state index in [1.54, 1.807) is 41.3 Å². The van der Waals surface area contributed by atoms with Crippen molar-refractivity contribution in [3.63, 3.8) is 0 Å². The summed E-state index contributed by atoms with van der Waals surface area (Å²) in [4.78, 5) is 29.1. The summed E-state index contributed by atoms with van der Waals surface area (Å²) >= 11 is 5.88. The van der Waals surface area contributed by atoms with E-state index >= 15 is 0 Å². The molecule has 3 amide bonds. The zero-order valence-corrected chi connectivity index (χ0v) is 17.2. The predicted molar refractivity (Wildman–Crippen MR) is 120 cm³/mol. The molecule has 5 nitrogen and oxygen atoms in total. The Labute approximate surface area is 180 Å². The summed E-state index contributed by atoms with van der Waals surface area (Å²) < 4.78 is 0. The highest BCUT2D eigenvalue weighted by molar-refractivity contribution is 6.30. The fourth-order valence-electron chi connectivity index (χ4n) is 3.50. The van der Waals surface area contributed by atoms with Gasteiger partial charge in [-0.2, -0.15) is 0 Å². The lowest BCUT2D eigenvalue weighted by molar-refractivity contribution is 0.102. The molecule has 152 valence electrons. The van der Waals surface area contributed by atoms with E-state index in [4.69, 9.17) is 11.6 Å². The Hall–Kier alpha value is -3.31. The van der Waals surface area contributed by atoms with Crippen LogP contribution in [0.1, 0.15) is 22.3 Å². The van der Waals surface area contributed by atoms with Crippen LogP contribution in [0, 0.1) is 0 Å². The van der Waals surface area contributed by atoms with Gasteiger partial charge in [-0.25, -0.2) is 4.79 Å². The quantitative estimate of drug-likeness (QED) is 0.599.